The summed E-state index contributed by atoms with van der Waals surface area (Å²) in [4.78, 5) is 26.0. The molecule has 0 bridgehead atoms. The first kappa shape index (κ1) is 10.4. The van der Waals surface area contributed by atoms with Gasteiger partial charge in [-0.1, -0.05) is 6.07 Å². The number of nitrogens with zero attached hydrogens (tertiary/aromatic N) is 1. The summed E-state index contributed by atoms with van der Waals surface area (Å²) in [6.45, 7) is 3.27. The van der Waals surface area contributed by atoms with E-state index >= 15 is 0 Å². The summed E-state index contributed by atoms with van der Waals surface area (Å²) in [7, 11) is 0. The highest BCUT2D eigenvalue weighted by atomic mass is 16.2. The van der Waals surface area contributed by atoms with Crippen molar-refractivity contribution in [2.75, 3.05) is 6.54 Å². The number of nitrogens with one attached hydrogen (secondary N) is 1. The number of amides is 1. The molecule has 1 amide bonds. The summed E-state index contributed by atoms with van der Waals surface area (Å²) in [6, 6.07) is 3.56. The standard InChI is InChI=1S/C10H12N2O2/c1-7-4-3-5-11-9(7)10(14)12-6-8(2)13/h3-5H,6H2,1-2H3,(H,12,14). The molecule has 0 aliphatic heterocycles. The topological polar surface area (TPSA) is 59.1 Å². The Hall–Kier alpha value is -1.71. The Bertz CT molecular complexity index is 361. The largest absolute Gasteiger partial charge is 0.344 e. The van der Waals surface area contributed by atoms with E-state index in [0.29, 0.717) is 5.69 Å². The van der Waals surface area contributed by atoms with E-state index in [1.165, 1.54) is 6.92 Å². The van der Waals surface area contributed by atoms with Gasteiger partial charge in [-0.3, -0.25) is 14.6 Å². The van der Waals surface area contributed by atoms with Crippen LogP contribution in [0.5, 0.6) is 0 Å². The van der Waals surface area contributed by atoms with E-state index in [2.05, 4.69) is 10.3 Å². The predicted octanol–water partition coefficient (Wildman–Crippen LogP) is 0.709. The number of hydrogen-bond acceptors (Lipinski definition) is 3. The molecule has 0 saturated heterocycles. The number of Topliss-reactive ketones (excluding diaryl/α,β-unsaturated/α-hetero) is 1. The summed E-state index contributed by atoms with van der Waals surface area (Å²) >= 11 is 0. The highest BCUT2D eigenvalue weighted by Gasteiger charge is 2.09. The molecule has 0 unspecified atom stereocenters. The zero-order valence-electron chi connectivity index (χ0n) is 8.20. The molecule has 1 rings (SSSR count). The van der Waals surface area contributed by atoms with E-state index in [1.54, 1.807) is 25.3 Å². The van der Waals surface area contributed by atoms with Gasteiger partial charge in [-0.2, -0.15) is 0 Å². The summed E-state index contributed by atoms with van der Waals surface area (Å²) in [5.41, 5.74) is 1.17. The van der Waals surface area contributed by atoms with Gasteiger partial charge in [0.05, 0.1) is 6.54 Å². The fourth-order valence-corrected chi connectivity index (χ4v) is 1.01. The van der Waals surface area contributed by atoms with Gasteiger partial charge >= 0.3 is 0 Å². The van der Waals surface area contributed by atoms with Crippen molar-refractivity contribution >= 4 is 11.7 Å². The zero-order chi connectivity index (χ0) is 10.6. The molecular formula is C10H12N2O2. The van der Waals surface area contributed by atoms with Gasteiger partial charge in [0.1, 0.15) is 11.5 Å². The molecule has 0 spiro atoms. The van der Waals surface area contributed by atoms with Gasteiger partial charge in [-0.15, -0.1) is 0 Å². The third-order valence-electron chi connectivity index (χ3n) is 1.72. The molecule has 0 atom stereocenters. The Morgan fingerprint density at radius 2 is 2.21 bits per heavy atom. The minimum Gasteiger partial charge on any atom is -0.344 e. The Morgan fingerprint density at radius 1 is 1.50 bits per heavy atom. The van der Waals surface area contributed by atoms with Crippen molar-refractivity contribution in [2.45, 2.75) is 13.8 Å². The molecule has 0 aliphatic carbocycles. The number of hydrogen-bond donors (Lipinski definition) is 1. The lowest BCUT2D eigenvalue weighted by Gasteiger charge is -2.03. The van der Waals surface area contributed by atoms with Crippen molar-refractivity contribution < 1.29 is 9.59 Å². The molecule has 4 heteroatoms. The van der Waals surface area contributed by atoms with Crippen molar-refractivity contribution in [2.24, 2.45) is 0 Å². The number of pyridine rings is 1. The molecular weight excluding hydrogens is 180 g/mol. The zero-order valence-corrected chi connectivity index (χ0v) is 8.20. The van der Waals surface area contributed by atoms with Gasteiger partial charge in [0.15, 0.2) is 0 Å². The maximum absolute atomic E-state index is 11.4. The lowest BCUT2D eigenvalue weighted by atomic mass is 10.2. The molecule has 74 valence electrons. The van der Waals surface area contributed by atoms with Crippen LogP contribution in [0.2, 0.25) is 0 Å². The SMILES string of the molecule is CC(=O)CNC(=O)c1ncccc1C. The Balaban J connectivity index is 2.70. The number of ketones is 1. The third kappa shape index (κ3) is 2.65. The first-order valence-corrected chi connectivity index (χ1v) is 4.30. The van der Waals surface area contributed by atoms with Crippen molar-refractivity contribution in [3.05, 3.63) is 29.6 Å². The first-order chi connectivity index (χ1) is 6.61. The predicted molar refractivity (Wildman–Crippen MR) is 52.0 cm³/mol. The molecule has 0 aromatic carbocycles. The quantitative estimate of drug-likeness (QED) is 0.767. The van der Waals surface area contributed by atoms with E-state index in [-0.39, 0.29) is 18.2 Å². The summed E-state index contributed by atoms with van der Waals surface area (Å²) < 4.78 is 0. The second-order valence-electron chi connectivity index (χ2n) is 3.05. The fourth-order valence-electron chi connectivity index (χ4n) is 1.01. The second kappa shape index (κ2) is 4.50. The number of aryl methyl sites for hydroxylation is 1. The van der Waals surface area contributed by atoms with Crippen molar-refractivity contribution in [1.82, 2.24) is 10.3 Å². The van der Waals surface area contributed by atoms with Crippen LogP contribution in [0.25, 0.3) is 0 Å². The van der Waals surface area contributed by atoms with Gasteiger partial charge in [-0.25, -0.2) is 0 Å². The van der Waals surface area contributed by atoms with Crippen LogP contribution < -0.4 is 5.32 Å². The van der Waals surface area contributed by atoms with Crippen LogP contribution in [0.4, 0.5) is 0 Å². The van der Waals surface area contributed by atoms with E-state index in [0.717, 1.165) is 5.56 Å². The molecule has 1 aromatic rings. The number of carbonyl (C=O) groups is 2. The molecule has 4 nitrogen and oxygen atoms in total. The van der Waals surface area contributed by atoms with E-state index in [4.69, 9.17) is 0 Å². The van der Waals surface area contributed by atoms with Gasteiger partial charge in [0, 0.05) is 6.20 Å². The van der Waals surface area contributed by atoms with Crippen LogP contribution in [0.3, 0.4) is 0 Å². The second-order valence-corrected chi connectivity index (χ2v) is 3.05. The first-order valence-electron chi connectivity index (χ1n) is 4.30. The van der Waals surface area contributed by atoms with Gasteiger partial charge in [0.25, 0.3) is 5.91 Å². The van der Waals surface area contributed by atoms with E-state index in [9.17, 15) is 9.59 Å². The average Bonchev–Trinajstić information content (AvgIpc) is 2.15. The monoisotopic (exact) mass is 192 g/mol. The molecule has 0 aliphatic rings. The van der Waals surface area contributed by atoms with Crippen LogP contribution in [0.1, 0.15) is 23.0 Å². The van der Waals surface area contributed by atoms with Crippen molar-refractivity contribution in [1.29, 1.82) is 0 Å². The van der Waals surface area contributed by atoms with E-state index in [1.807, 2.05) is 0 Å². The van der Waals surface area contributed by atoms with Crippen LogP contribution >= 0.6 is 0 Å². The summed E-state index contributed by atoms with van der Waals surface area (Å²) in [6.07, 6.45) is 1.55. The Labute approximate surface area is 82.3 Å². The number of rotatable bonds is 3. The summed E-state index contributed by atoms with van der Waals surface area (Å²) in [5, 5.41) is 2.49. The molecule has 0 fully saturated rings. The van der Waals surface area contributed by atoms with Crippen LogP contribution in [0.15, 0.2) is 18.3 Å². The maximum Gasteiger partial charge on any atom is 0.270 e. The highest BCUT2D eigenvalue weighted by molar-refractivity contribution is 5.95. The molecule has 1 aromatic heterocycles. The Kier molecular flexibility index (Phi) is 3.34. The summed E-state index contributed by atoms with van der Waals surface area (Å²) in [5.74, 6) is -0.384. The minimum atomic E-state index is -0.307. The number of carbonyl (C=O) groups excluding carboxylic acids is 2. The molecule has 0 radical (unpaired) electrons. The normalized spacial score (nSPS) is 9.57. The van der Waals surface area contributed by atoms with Crippen LogP contribution in [-0.2, 0) is 4.79 Å². The lowest BCUT2D eigenvalue weighted by molar-refractivity contribution is -0.116. The average molecular weight is 192 g/mol. The lowest BCUT2D eigenvalue weighted by Crippen LogP contribution is -2.29. The highest BCUT2D eigenvalue weighted by Crippen LogP contribution is 2.01. The molecule has 1 N–H and O–H groups in total. The molecule has 14 heavy (non-hydrogen) atoms. The van der Waals surface area contributed by atoms with Gasteiger partial charge < -0.3 is 5.32 Å². The maximum atomic E-state index is 11.4. The molecule has 0 saturated carbocycles. The molecule has 1 heterocycles. The van der Waals surface area contributed by atoms with Gasteiger partial charge in [-0.05, 0) is 25.5 Å². The van der Waals surface area contributed by atoms with E-state index < -0.39 is 0 Å². The van der Waals surface area contributed by atoms with Crippen LogP contribution in [0, 0.1) is 6.92 Å². The minimum absolute atomic E-state index is 0.0504. The van der Waals surface area contributed by atoms with Crippen molar-refractivity contribution in [3.8, 4) is 0 Å². The fraction of sp³-hybridized carbons (Fsp3) is 0.300. The smallest absolute Gasteiger partial charge is 0.270 e. The number of aromatic nitrogens is 1. The van der Waals surface area contributed by atoms with Crippen LogP contribution in [-0.4, -0.2) is 23.2 Å². The third-order valence-corrected chi connectivity index (χ3v) is 1.72. The Morgan fingerprint density at radius 3 is 2.79 bits per heavy atom. The van der Waals surface area contributed by atoms with Gasteiger partial charge in [0.2, 0.25) is 0 Å². The van der Waals surface area contributed by atoms with Crippen molar-refractivity contribution in [3.63, 3.8) is 0 Å².